The molecule has 1 aromatic heterocycles. The van der Waals surface area contributed by atoms with Crippen LogP contribution in [-0.2, 0) is 16.2 Å². The third-order valence-corrected chi connectivity index (χ3v) is 6.51. The van der Waals surface area contributed by atoms with E-state index in [0.717, 1.165) is 18.3 Å². The summed E-state index contributed by atoms with van der Waals surface area (Å²) >= 11 is 0. The van der Waals surface area contributed by atoms with Gasteiger partial charge in [-0.3, -0.25) is 4.98 Å². The molecule has 0 amide bonds. The van der Waals surface area contributed by atoms with Crippen molar-refractivity contribution in [3.63, 3.8) is 0 Å². The fourth-order valence-corrected chi connectivity index (χ4v) is 4.56. The second kappa shape index (κ2) is 7.29. The highest BCUT2D eigenvalue weighted by molar-refractivity contribution is 7.89. The fraction of sp³-hybridized carbons (Fsp3) is 0.333. The van der Waals surface area contributed by atoms with Gasteiger partial charge >= 0.3 is 6.18 Å². The van der Waals surface area contributed by atoms with Crippen LogP contribution in [0.5, 0.6) is 0 Å². The monoisotopic (exact) mass is 395 g/mol. The summed E-state index contributed by atoms with van der Waals surface area (Å²) in [7, 11) is -3.70. The predicted molar refractivity (Wildman–Crippen MR) is 91.1 cm³/mol. The Kier molecular flexibility index (Phi) is 5.22. The number of pyridine rings is 1. The van der Waals surface area contributed by atoms with Crippen LogP contribution in [0.2, 0.25) is 0 Å². The van der Waals surface area contributed by atoms with E-state index in [0.29, 0.717) is 24.1 Å². The number of hydrogen-bond acceptors (Lipinski definition) is 4. The minimum absolute atomic E-state index is 0.0946. The quantitative estimate of drug-likeness (QED) is 0.797. The van der Waals surface area contributed by atoms with Gasteiger partial charge in [0.1, 0.15) is 0 Å². The lowest BCUT2D eigenvalue weighted by Gasteiger charge is -2.31. The molecular weight excluding hydrogens is 379 g/mol. The summed E-state index contributed by atoms with van der Waals surface area (Å²) in [4.78, 5) is 4.14. The van der Waals surface area contributed by atoms with Gasteiger partial charge < -0.3 is 0 Å². The molecule has 0 N–H and O–H groups in total. The highest BCUT2D eigenvalue weighted by Gasteiger charge is 2.33. The maximum absolute atomic E-state index is 12.9. The maximum Gasteiger partial charge on any atom is 0.416 e. The SMILES string of the molecule is N#Cc1ccc(S(=O)(=O)N2CCC(c3cc(C(F)(F)F)ccn3)CC2)cc1. The molecule has 142 valence electrons. The zero-order chi connectivity index (χ0) is 19.7. The van der Waals surface area contributed by atoms with Gasteiger partial charge in [0.2, 0.25) is 10.0 Å². The molecule has 5 nitrogen and oxygen atoms in total. The first-order valence-electron chi connectivity index (χ1n) is 8.25. The van der Waals surface area contributed by atoms with Gasteiger partial charge in [0.05, 0.1) is 22.1 Å². The zero-order valence-corrected chi connectivity index (χ0v) is 15.0. The highest BCUT2D eigenvalue weighted by atomic mass is 32.2. The number of sulfonamides is 1. The van der Waals surface area contributed by atoms with Gasteiger partial charge in [-0.15, -0.1) is 0 Å². The number of hydrogen-bond donors (Lipinski definition) is 0. The molecule has 1 aliphatic heterocycles. The molecule has 1 aromatic carbocycles. The maximum atomic E-state index is 12.9. The first-order chi connectivity index (χ1) is 12.7. The van der Waals surface area contributed by atoms with Crippen LogP contribution in [0.15, 0.2) is 47.5 Å². The molecule has 1 fully saturated rings. The molecule has 2 aromatic rings. The van der Waals surface area contributed by atoms with Crippen LogP contribution in [0.1, 0.15) is 35.6 Å². The minimum atomic E-state index is -4.43. The van der Waals surface area contributed by atoms with Crippen LogP contribution in [0.4, 0.5) is 13.2 Å². The number of aromatic nitrogens is 1. The second-order valence-corrected chi connectivity index (χ2v) is 8.22. The molecule has 0 bridgehead atoms. The average Bonchev–Trinajstić information content (AvgIpc) is 2.67. The van der Waals surface area contributed by atoms with Crippen LogP contribution >= 0.6 is 0 Å². The van der Waals surface area contributed by atoms with E-state index in [2.05, 4.69) is 4.98 Å². The largest absolute Gasteiger partial charge is 0.416 e. The Labute approximate surface area is 155 Å². The van der Waals surface area contributed by atoms with Crippen LogP contribution in [0, 0.1) is 11.3 Å². The summed E-state index contributed by atoms with van der Waals surface area (Å²) in [5.41, 5.74) is -0.0522. The normalized spacial score (nSPS) is 16.8. The molecule has 2 heterocycles. The van der Waals surface area contributed by atoms with Gasteiger partial charge in [-0.2, -0.15) is 22.7 Å². The summed E-state index contributed by atoms with van der Waals surface area (Å²) in [6.07, 6.45) is -2.51. The van der Waals surface area contributed by atoms with Gasteiger partial charge in [0, 0.05) is 30.9 Å². The summed E-state index contributed by atoms with van der Waals surface area (Å²) in [5, 5.41) is 8.80. The van der Waals surface area contributed by atoms with E-state index in [1.165, 1.54) is 28.6 Å². The van der Waals surface area contributed by atoms with Crippen molar-refractivity contribution in [1.29, 1.82) is 5.26 Å². The molecule has 0 radical (unpaired) electrons. The lowest BCUT2D eigenvalue weighted by molar-refractivity contribution is -0.137. The Bertz CT molecular complexity index is 959. The van der Waals surface area contributed by atoms with Crippen molar-refractivity contribution in [3.8, 4) is 6.07 Å². The molecule has 0 aliphatic carbocycles. The van der Waals surface area contributed by atoms with Crippen LogP contribution in [-0.4, -0.2) is 30.8 Å². The number of alkyl halides is 3. The van der Waals surface area contributed by atoms with Crippen LogP contribution in [0.3, 0.4) is 0 Å². The van der Waals surface area contributed by atoms with Crippen molar-refractivity contribution >= 4 is 10.0 Å². The number of halogens is 3. The number of benzene rings is 1. The minimum Gasteiger partial charge on any atom is -0.261 e. The Morgan fingerprint density at radius 1 is 1.11 bits per heavy atom. The third kappa shape index (κ3) is 4.12. The molecule has 1 aliphatic rings. The van der Waals surface area contributed by atoms with E-state index in [-0.39, 0.29) is 23.9 Å². The molecule has 0 unspecified atom stereocenters. The predicted octanol–water partition coefficient (Wildman–Crippen LogP) is 3.54. The van der Waals surface area contributed by atoms with Crippen molar-refractivity contribution in [1.82, 2.24) is 9.29 Å². The van der Waals surface area contributed by atoms with Gasteiger partial charge in [0.15, 0.2) is 0 Å². The molecule has 9 heteroatoms. The summed E-state index contributed by atoms with van der Waals surface area (Å²) < 4.78 is 65.3. The van der Waals surface area contributed by atoms with Gasteiger partial charge in [-0.25, -0.2) is 8.42 Å². The highest BCUT2D eigenvalue weighted by Crippen LogP contribution is 2.34. The van der Waals surface area contributed by atoms with Crippen molar-refractivity contribution in [2.75, 3.05) is 13.1 Å². The van der Waals surface area contributed by atoms with E-state index in [1.807, 2.05) is 6.07 Å². The van der Waals surface area contributed by atoms with Crippen molar-refractivity contribution in [2.45, 2.75) is 29.8 Å². The zero-order valence-electron chi connectivity index (χ0n) is 14.1. The lowest BCUT2D eigenvalue weighted by Crippen LogP contribution is -2.38. The van der Waals surface area contributed by atoms with E-state index in [1.54, 1.807) is 0 Å². The van der Waals surface area contributed by atoms with Gasteiger partial charge in [-0.1, -0.05) is 0 Å². The fourth-order valence-electron chi connectivity index (χ4n) is 3.09. The van der Waals surface area contributed by atoms with E-state index >= 15 is 0 Å². The Morgan fingerprint density at radius 2 is 1.74 bits per heavy atom. The van der Waals surface area contributed by atoms with Crippen molar-refractivity contribution in [2.24, 2.45) is 0 Å². The Hall–Kier alpha value is -2.44. The molecule has 0 atom stereocenters. The van der Waals surface area contributed by atoms with Crippen LogP contribution in [0.25, 0.3) is 0 Å². The third-order valence-electron chi connectivity index (χ3n) is 4.60. The van der Waals surface area contributed by atoms with Crippen LogP contribution < -0.4 is 0 Å². The molecular formula is C18H16F3N3O2S. The lowest BCUT2D eigenvalue weighted by atomic mass is 9.93. The Balaban J connectivity index is 1.72. The van der Waals surface area contributed by atoms with Crippen molar-refractivity contribution in [3.05, 3.63) is 59.4 Å². The Morgan fingerprint density at radius 3 is 2.30 bits per heavy atom. The van der Waals surface area contributed by atoms with Crippen molar-refractivity contribution < 1.29 is 21.6 Å². The molecule has 0 spiro atoms. The average molecular weight is 395 g/mol. The number of nitriles is 1. The number of piperidine rings is 1. The van der Waals surface area contributed by atoms with Gasteiger partial charge in [0.25, 0.3) is 0 Å². The van der Waals surface area contributed by atoms with E-state index in [4.69, 9.17) is 5.26 Å². The standard InChI is InChI=1S/C18H16F3N3O2S/c19-18(20,21)15-5-8-23-17(11-15)14-6-9-24(10-7-14)27(25,26)16-3-1-13(12-22)2-4-16/h1-5,8,11,14H,6-7,9-10H2. The number of nitrogens with zero attached hydrogens (tertiary/aromatic N) is 3. The molecule has 1 saturated heterocycles. The van der Waals surface area contributed by atoms with E-state index in [9.17, 15) is 21.6 Å². The van der Waals surface area contributed by atoms with Gasteiger partial charge in [-0.05, 0) is 49.2 Å². The first-order valence-corrected chi connectivity index (χ1v) is 9.69. The molecule has 3 rings (SSSR count). The molecule has 27 heavy (non-hydrogen) atoms. The summed E-state index contributed by atoms with van der Waals surface area (Å²) in [6, 6.07) is 9.53. The summed E-state index contributed by atoms with van der Waals surface area (Å²) in [6.45, 7) is 0.399. The first kappa shape index (κ1) is 19.3. The van der Waals surface area contributed by atoms with E-state index < -0.39 is 21.8 Å². The number of rotatable bonds is 3. The smallest absolute Gasteiger partial charge is 0.261 e. The molecule has 0 saturated carbocycles. The second-order valence-electron chi connectivity index (χ2n) is 6.28. The summed E-state index contributed by atoms with van der Waals surface area (Å²) in [5.74, 6) is -0.222. The topological polar surface area (TPSA) is 74.1 Å².